The van der Waals surface area contributed by atoms with Gasteiger partial charge in [0.25, 0.3) is 0 Å². The van der Waals surface area contributed by atoms with Gasteiger partial charge in [0.1, 0.15) is 23.2 Å². The molecule has 4 aromatic rings. The van der Waals surface area contributed by atoms with Crippen molar-refractivity contribution in [1.82, 2.24) is 0 Å². The second kappa shape index (κ2) is 7.55. The number of benzene rings is 2. The van der Waals surface area contributed by atoms with Crippen molar-refractivity contribution in [2.45, 2.75) is 19.8 Å². The largest absolute Gasteiger partial charge is 0.504 e. The fourth-order valence-corrected chi connectivity index (χ4v) is 3.47. The summed E-state index contributed by atoms with van der Waals surface area (Å²) in [6.45, 7) is 4.03. The molecular formula is C24H20O6. The monoisotopic (exact) mass is 404 g/mol. The summed E-state index contributed by atoms with van der Waals surface area (Å²) in [4.78, 5) is 22.8. The van der Waals surface area contributed by atoms with Crippen molar-refractivity contribution in [2.75, 3.05) is 7.11 Å². The van der Waals surface area contributed by atoms with Gasteiger partial charge in [-0.3, -0.25) is 4.79 Å². The van der Waals surface area contributed by atoms with Gasteiger partial charge in [-0.05, 0) is 24.3 Å². The average Bonchev–Trinajstić information content (AvgIpc) is 3.09. The van der Waals surface area contributed by atoms with Crippen LogP contribution in [0.5, 0.6) is 11.5 Å². The van der Waals surface area contributed by atoms with Crippen LogP contribution in [0.4, 0.5) is 0 Å². The molecule has 0 aliphatic heterocycles. The number of phenolic OH excluding ortho intramolecular Hbond substituents is 1. The number of aldehydes is 1. The first-order valence-corrected chi connectivity index (χ1v) is 9.46. The minimum Gasteiger partial charge on any atom is -0.504 e. The summed E-state index contributed by atoms with van der Waals surface area (Å²) in [6.07, 6.45) is 4.26. The molecule has 0 bridgehead atoms. The van der Waals surface area contributed by atoms with Gasteiger partial charge in [0.05, 0.1) is 7.11 Å². The van der Waals surface area contributed by atoms with E-state index < -0.39 is 5.63 Å². The molecule has 0 radical (unpaired) electrons. The lowest BCUT2D eigenvalue weighted by Crippen LogP contribution is -1.93. The predicted octanol–water partition coefficient (Wildman–Crippen LogP) is 5.36. The Hall–Kier alpha value is -3.80. The van der Waals surface area contributed by atoms with Gasteiger partial charge in [0, 0.05) is 45.5 Å². The molecule has 0 fully saturated rings. The molecular weight excluding hydrogens is 384 g/mol. The summed E-state index contributed by atoms with van der Waals surface area (Å²) in [5, 5.41) is 12.1. The van der Waals surface area contributed by atoms with Crippen molar-refractivity contribution in [2.24, 2.45) is 0 Å². The summed E-state index contributed by atoms with van der Waals surface area (Å²) in [5.74, 6) is 1.03. The number of aromatic hydroxyl groups is 1. The van der Waals surface area contributed by atoms with Crippen LogP contribution in [0.1, 0.15) is 47.0 Å². The molecule has 1 N–H and O–H groups in total. The summed E-state index contributed by atoms with van der Waals surface area (Å²) in [5.41, 5.74) is 2.33. The molecule has 0 amide bonds. The number of furan rings is 1. The zero-order valence-corrected chi connectivity index (χ0v) is 16.8. The lowest BCUT2D eigenvalue weighted by atomic mass is 10.0. The Morgan fingerprint density at radius 2 is 1.83 bits per heavy atom. The molecule has 30 heavy (non-hydrogen) atoms. The minimum absolute atomic E-state index is 0.0505. The normalized spacial score (nSPS) is 11.7. The summed E-state index contributed by atoms with van der Waals surface area (Å²) < 4.78 is 16.5. The Morgan fingerprint density at radius 3 is 2.53 bits per heavy atom. The van der Waals surface area contributed by atoms with Crippen molar-refractivity contribution in [1.29, 1.82) is 0 Å². The Kier molecular flexibility index (Phi) is 4.91. The van der Waals surface area contributed by atoms with Crippen LogP contribution in [0, 0.1) is 0 Å². The van der Waals surface area contributed by atoms with Crippen LogP contribution in [-0.4, -0.2) is 18.5 Å². The van der Waals surface area contributed by atoms with Crippen molar-refractivity contribution < 1.29 is 23.5 Å². The second-order valence-electron chi connectivity index (χ2n) is 7.29. The first kappa shape index (κ1) is 19.5. The molecule has 2 heterocycles. The van der Waals surface area contributed by atoms with E-state index in [-0.39, 0.29) is 17.4 Å². The van der Waals surface area contributed by atoms with E-state index in [2.05, 4.69) is 0 Å². The van der Waals surface area contributed by atoms with Crippen LogP contribution in [-0.2, 0) is 0 Å². The van der Waals surface area contributed by atoms with Gasteiger partial charge in [-0.15, -0.1) is 0 Å². The van der Waals surface area contributed by atoms with E-state index in [0.29, 0.717) is 28.6 Å². The molecule has 6 heteroatoms. The first-order valence-electron chi connectivity index (χ1n) is 9.46. The van der Waals surface area contributed by atoms with Gasteiger partial charge in [0.15, 0.2) is 11.5 Å². The number of fused-ring (bicyclic) bond motifs is 2. The van der Waals surface area contributed by atoms with E-state index in [1.165, 1.54) is 19.2 Å². The van der Waals surface area contributed by atoms with Crippen molar-refractivity contribution in [3.8, 4) is 11.5 Å². The summed E-state index contributed by atoms with van der Waals surface area (Å²) in [6, 6.07) is 9.77. The summed E-state index contributed by atoms with van der Waals surface area (Å²) in [7, 11) is 1.43. The number of ether oxygens (including phenoxy) is 1. The van der Waals surface area contributed by atoms with Gasteiger partial charge in [-0.25, -0.2) is 4.79 Å². The SMILES string of the molecule is COc1cc(C=O)cc(/C=C\c2c(C(C)C)oc3cc4oc(=O)ccc4cc23)c1O. The Bertz CT molecular complexity index is 1350. The van der Waals surface area contributed by atoms with Crippen LogP contribution in [0.3, 0.4) is 0 Å². The number of methoxy groups -OCH3 is 1. The average molecular weight is 404 g/mol. The van der Waals surface area contributed by atoms with Gasteiger partial charge < -0.3 is 18.7 Å². The number of carbonyl (C=O) groups is 1. The lowest BCUT2D eigenvalue weighted by Gasteiger charge is -2.07. The molecule has 0 saturated heterocycles. The van der Waals surface area contributed by atoms with E-state index in [0.717, 1.165) is 22.1 Å². The third kappa shape index (κ3) is 3.37. The third-order valence-corrected chi connectivity index (χ3v) is 4.93. The van der Waals surface area contributed by atoms with Crippen molar-refractivity contribution in [3.63, 3.8) is 0 Å². The summed E-state index contributed by atoms with van der Waals surface area (Å²) >= 11 is 0. The highest BCUT2D eigenvalue weighted by molar-refractivity contribution is 5.99. The predicted molar refractivity (Wildman–Crippen MR) is 115 cm³/mol. The molecule has 152 valence electrons. The van der Waals surface area contributed by atoms with Crippen LogP contribution < -0.4 is 10.4 Å². The fraction of sp³-hybridized carbons (Fsp3) is 0.167. The van der Waals surface area contributed by atoms with Crippen molar-refractivity contribution >= 4 is 40.4 Å². The Balaban J connectivity index is 1.91. The maximum Gasteiger partial charge on any atom is 0.336 e. The number of hydrogen-bond acceptors (Lipinski definition) is 6. The van der Waals surface area contributed by atoms with Crippen LogP contribution in [0.15, 0.2) is 50.0 Å². The molecule has 0 unspecified atom stereocenters. The molecule has 0 atom stereocenters. The Morgan fingerprint density at radius 1 is 1.03 bits per heavy atom. The van der Waals surface area contributed by atoms with Crippen molar-refractivity contribution in [3.05, 3.63) is 69.3 Å². The minimum atomic E-state index is -0.419. The molecule has 2 aromatic heterocycles. The van der Waals surface area contributed by atoms with Crippen LogP contribution in [0.25, 0.3) is 34.1 Å². The number of hydrogen-bond donors (Lipinski definition) is 1. The number of carbonyl (C=O) groups excluding carboxylic acids is 1. The van der Waals surface area contributed by atoms with E-state index in [4.69, 9.17) is 13.6 Å². The lowest BCUT2D eigenvalue weighted by molar-refractivity contribution is 0.112. The standard InChI is InChI=1S/C24H20O6/c1-13(2)24-17(6-4-16-8-14(12-25)9-21(28-3)23(16)27)18-10-15-5-7-22(26)29-19(15)11-20(18)30-24/h4-13,27H,1-3H3/b6-4-. The second-order valence-corrected chi connectivity index (χ2v) is 7.29. The van der Waals surface area contributed by atoms with Gasteiger partial charge >= 0.3 is 5.63 Å². The van der Waals surface area contributed by atoms with Crippen LogP contribution in [0.2, 0.25) is 0 Å². The number of phenols is 1. The maximum atomic E-state index is 11.5. The first-order chi connectivity index (χ1) is 14.4. The fourth-order valence-electron chi connectivity index (χ4n) is 3.47. The highest BCUT2D eigenvalue weighted by Crippen LogP contribution is 2.36. The molecule has 0 spiro atoms. The topological polar surface area (TPSA) is 89.9 Å². The van der Waals surface area contributed by atoms with Gasteiger partial charge in [0.2, 0.25) is 0 Å². The zero-order chi connectivity index (χ0) is 21.4. The Labute approximate surface area is 172 Å². The van der Waals surface area contributed by atoms with Gasteiger partial charge in [-0.2, -0.15) is 0 Å². The van der Waals surface area contributed by atoms with E-state index in [1.54, 1.807) is 24.3 Å². The zero-order valence-electron chi connectivity index (χ0n) is 16.8. The molecule has 0 aliphatic rings. The molecule has 4 rings (SSSR count). The number of rotatable bonds is 5. The molecule has 0 aliphatic carbocycles. The molecule has 2 aromatic carbocycles. The third-order valence-electron chi connectivity index (χ3n) is 4.93. The highest BCUT2D eigenvalue weighted by atomic mass is 16.5. The van der Waals surface area contributed by atoms with E-state index in [9.17, 15) is 14.7 Å². The highest BCUT2D eigenvalue weighted by Gasteiger charge is 2.17. The molecule has 6 nitrogen and oxygen atoms in total. The maximum absolute atomic E-state index is 11.5. The van der Waals surface area contributed by atoms with E-state index >= 15 is 0 Å². The van der Waals surface area contributed by atoms with Crippen LogP contribution >= 0.6 is 0 Å². The van der Waals surface area contributed by atoms with E-state index in [1.807, 2.05) is 26.0 Å². The smallest absolute Gasteiger partial charge is 0.336 e. The van der Waals surface area contributed by atoms with Gasteiger partial charge in [-0.1, -0.05) is 26.0 Å². The quantitative estimate of drug-likeness (QED) is 0.356. The molecule has 0 saturated carbocycles.